The maximum absolute atomic E-state index is 11.8. The van der Waals surface area contributed by atoms with Crippen LogP contribution in [0.3, 0.4) is 0 Å². The van der Waals surface area contributed by atoms with Crippen molar-refractivity contribution < 1.29 is 24.4 Å². The Hall–Kier alpha value is -2.43. The average Bonchev–Trinajstić information content (AvgIpc) is 2.85. The maximum Gasteiger partial charge on any atom is 0.569 e. The van der Waals surface area contributed by atoms with Crippen molar-refractivity contribution in [3.05, 3.63) is 30.3 Å². The minimum Gasteiger partial charge on any atom is -0.264 e. The molecule has 28 heavy (non-hydrogen) atoms. The summed E-state index contributed by atoms with van der Waals surface area (Å²) in [6.45, 7) is 0. The van der Waals surface area contributed by atoms with Gasteiger partial charge in [-0.1, -0.05) is 0 Å². The largest absolute Gasteiger partial charge is 0.569 e. The molecular weight excluding hydrogens is 378 g/mol. The van der Waals surface area contributed by atoms with E-state index in [-0.39, 0.29) is 38.5 Å². The number of hydrogen-bond donors (Lipinski definition) is 0. The second-order valence-electron chi connectivity index (χ2n) is 8.31. The summed E-state index contributed by atoms with van der Waals surface area (Å²) < 4.78 is 0. The van der Waals surface area contributed by atoms with Crippen LogP contribution in [0.2, 0.25) is 0 Å². The predicted octanol–water partition coefficient (Wildman–Crippen LogP) is 1.56. The van der Waals surface area contributed by atoms with E-state index < -0.39 is 49.6 Å². The first-order chi connectivity index (χ1) is 13.2. The molecule has 152 valence electrons. The lowest BCUT2D eigenvalue weighted by atomic mass is 9.57. The Bertz CT molecular complexity index is 766. The molecule has 0 atom stereocenters. The van der Waals surface area contributed by atoms with Crippen LogP contribution in [0, 0.1) is 47.6 Å². The van der Waals surface area contributed by atoms with Crippen molar-refractivity contribution >= 4 is 0 Å². The smallest absolute Gasteiger partial charge is 0.264 e. The molecule has 0 aromatic heterocycles. The van der Waals surface area contributed by atoms with Crippen LogP contribution in [0.5, 0.6) is 0 Å². The van der Waals surface area contributed by atoms with Crippen molar-refractivity contribution in [2.45, 2.75) is 80.3 Å². The molecule has 0 bridgehead atoms. The Morgan fingerprint density at radius 2 is 1.57 bits per heavy atom. The van der Waals surface area contributed by atoms with Crippen LogP contribution in [0.4, 0.5) is 0 Å². The van der Waals surface area contributed by atoms with Gasteiger partial charge in [0.25, 0.3) is 5.54 Å². The summed E-state index contributed by atoms with van der Waals surface area (Å²) in [6, 6.07) is 2.01. The molecule has 1 spiro atoms. The number of hydroxylamine groups is 2. The summed E-state index contributed by atoms with van der Waals surface area (Å²) in [6.07, 6.45) is 1.92. The zero-order chi connectivity index (χ0) is 20.4. The molecule has 0 aromatic carbocycles. The summed E-state index contributed by atoms with van der Waals surface area (Å²) in [5, 5.41) is 44.6. The third-order valence-corrected chi connectivity index (χ3v) is 6.93. The first-order valence-electron chi connectivity index (χ1n) is 9.17. The molecule has 1 saturated heterocycles. The Kier molecular flexibility index (Phi) is 3.91. The molecule has 3 saturated carbocycles. The number of nitro groups is 3. The normalized spacial score (nSPS) is 34.5. The molecule has 0 N–H and O–H groups in total. The Morgan fingerprint density at radius 3 is 1.93 bits per heavy atom. The molecule has 0 radical (unpaired) electrons. The second kappa shape index (κ2) is 5.79. The summed E-state index contributed by atoms with van der Waals surface area (Å²) in [5.41, 5.74) is -4.03. The van der Waals surface area contributed by atoms with Gasteiger partial charge in [-0.2, -0.15) is 5.26 Å². The van der Waals surface area contributed by atoms with Crippen LogP contribution in [-0.2, 0) is 9.68 Å². The van der Waals surface area contributed by atoms with E-state index in [2.05, 4.69) is 0 Å². The number of hydrogen-bond acceptors (Lipinski definition) is 10. The third kappa shape index (κ3) is 2.16. The van der Waals surface area contributed by atoms with E-state index in [1.165, 1.54) is 0 Å². The summed E-state index contributed by atoms with van der Waals surface area (Å²) in [4.78, 5) is 44.1. The lowest BCUT2D eigenvalue weighted by Crippen LogP contribution is -2.70. The van der Waals surface area contributed by atoms with Gasteiger partial charge in [-0.15, -0.1) is 0 Å². The van der Waals surface area contributed by atoms with Gasteiger partial charge in [0, 0.05) is 17.8 Å². The topological polar surface area (TPSA) is 175 Å². The van der Waals surface area contributed by atoms with Crippen molar-refractivity contribution in [3.63, 3.8) is 0 Å². The zero-order valence-corrected chi connectivity index (χ0v) is 14.9. The molecule has 4 aliphatic rings. The van der Waals surface area contributed by atoms with Gasteiger partial charge in [-0.25, -0.2) is 4.84 Å². The fourth-order valence-corrected chi connectivity index (χ4v) is 4.96. The van der Waals surface area contributed by atoms with Crippen LogP contribution in [-0.4, -0.2) is 42.5 Å². The lowest BCUT2D eigenvalue weighted by Gasteiger charge is -2.53. The van der Waals surface area contributed by atoms with Gasteiger partial charge in [-0.05, 0) is 38.5 Å². The van der Waals surface area contributed by atoms with Crippen LogP contribution in [0.25, 0.3) is 0 Å². The number of rotatable bonds is 6. The molecule has 4 fully saturated rings. The Labute approximate surface area is 158 Å². The number of nitriles is 1. The van der Waals surface area contributed by atoms with Crippen molar-refractivity contribution in [2.24, 2.45) is 5.92 Å². The van der Waals surface area contributed by atoms with Crippen LogP contribution < -0.4 is 0 Å². The highest BCUT2D eigenvalue weighted by atomic mass is 17.0. The average molecular weight is 397 g/mol. The van der Waals surface area contributed by atoms with Crippen molar-refractivity contribution in [1.82, 2.24) is 5.23 Å². The van der Waals surface area contributed by atoms with E-state index in [0.29, 0.717) is 18.1 Å². The van der Waals surface area contributed by atoms with E-state index >= 15 is 0 Å². The first kappa shape index (κ1) is 18.9. The molecule has 0 amide bonds. The molecule has 13 nitrogen and oxygen atoms in total. The van der Waals surface area contributed by atoms with Gasteiger partial charge < -0.3 is 0 Å². The standard InChI is InChI=1S/C15H19N5O8/c16-9-11-7-12(8-11)10-15(18(23)24,19(25)26)20(27-12)28-14(5-2-6-14)13(17(21)22)3-1-4-13/h11H,1-8,10H2. The summed E-state index contributed by atoms with van der Waals surface area (Å²) in [5.74, 6) is -3.31. The highest BCUT2D eigenvalue weighted by molar-refractivity contribution is 5.12. The van der Waals surface area contributed by atoms with E-state index in [1.807, 2.05) is 6.07 Å². The Balaban J connectivity index is 1.68. The molecule has 3 aliphatic carbocycles. The van der Waals surface area contributed by atoms with Gasteiger partial charge in [0.2, 0.25) is 0 Å². The monoisotopic (exact) mass is 397 g/mol. The quantitative estimate of drug-likeness (QED) is 0.363. The second-order valence-corrected chi connectivity index (χ2v) is 8.31. The first-order valence-corrected chi connectivity index (χ1v) is 9.17. The highest BCUT2D eigenvalue weighted by Crippen LogP contribution is 2.58. The minimum absolute atomic E-state index is 0.111. The highest BCUT2D eigenvalue weighted by Gasteiger charge is 2.80. The van der Waals surface area contributed by atoms with Gasteiger partial charge in [-0.3, -0.25) is 35.2 Å². The van der Waals surface area contributed by atoms with Crippen LogP contribution >= 0.6 is 0 Å². The van der Waals surface area contributed by atoms with Gasteiger partial charge >= 0.3 is 5.79 Å². The van der Waals surface area contributed by atoms with Crippen molar-refractivity contribution in [2.75, 3.05) is 0 Å². The van der Waals surface area contributed by atoms with Gasteiger partial charge in [0.1, 0.15) is 21.9 Å². The molecule has 4 rings (SSSR count). The molecular formula is C15H19N5O8. The van der Waals surface area contributed by atoms with Crippen molar-refractivity contribution in [3.8, 4) is 6.07 Å². The molecule has 1 aliphatic heterocycles. The maximum atomic E-state index is 11.8. The lowest BCUT2D eigenvalue weighted by molar-refractivity contribution is -0.855. The number of nitrogens with zero attached hydrogens (tertiary/aromatic N) is 5. The van der Waals surface area contributed by atoms with Crippen molar-refractivity contribution in [1.29, 1.82) is 5.26 Å². The van der Waals surface area contributed by atoms with E-state index in [4.69, 9.17) is 14.9 Å². The molecule has 1 heterocycles. The molecule has 0 unspecified atom stereocenters. The summed E-state index contributed by atoms with van der Waals surface area (Å²) >= 11 is 0. The fraction of sp³-hybridized carbons (Fsp3) is 0.933. The Morgan fingerprint density at radius 1 is 1.00 bits per heavy atom. The minimum atomic E-state index is -2.90. The van der Waals surface area contributed by atoms with Crippen LogP contribution in [0.1, 0.15) is 57.8 Å². The SMILES string of the molecule is N#CC1CC2(C1)CC([N+](=O)[O-])([N+](=O)[O-])N(OC1(C3([N+](=O)[O-])CCC3)CCC1)O2. The fourth-order valence-electron chi connectivity index (χ4n) is 4.96. The zero-order valence-electron chi connectivity index (χ0n) is 14.9. The van der Waals surface area contributed by atoms with Crippen LogP contribution in [0.15, 0.2) is 0 Å². The van der Waals surface area contributed by atoms with E-state index in [9.17, 15) is 30.3 Å². The van der Waals surface area contributed by atoms with Gasteiger partial charge in [0.15, 0.2) is 5.60 Å². The van der Waals surface area contributed by atoms with E-state index in [1.54, 1.807) is 0 Å². The van der Waals surface area contributed by atoms with Gasteiger partial charge in [0.05, 0.1) is 17.2 Å². The molecule has 0 aromatic rings. The van der Waals surface area contributed by atoms with E-state index in [0.717, 1.165) is 0 Å². The predicted molar refractivity (Wildman–Crippen MR) is 86.6 cm³/mol. The third-order valence-electron chi connectivity index (χ3n) is 6.93. The molecule has 13 heteroatoms. The summed E-state index contributed by atoms with van der Waals surface area (Å²) in [7, 11) is 0.